The first-order valence-electron chi connectivity index (χ1n) is 7.67. The van der Waals surface area contributed by atoms with Gasteiger partial charge in [-0.3, -0.25) is 4.79 Å². The number of nitrogens with zero attached hydrogens (tertiary/aromatic N) is 1. The van der Waals surface area contributed by atoms with Gasteiger partial charge < -0.3 is 24.2 Å². The Morgan fingerprint density at radius 2 is 1.64 bits per heavy atom. The van der Waals surface area contributed by atoms with Crippen LogP contribution in [0.1, 0.15) is 31.7 Å². The minimum Gasteiger partial charge on any atom is -0.493 e. The third kappa shape index (κ3) is 3.35. The lowest BCUT2D eigenvalue weighted by molar-refractivity contribution is -0.150. The molecule has 0 aliphatic carbocycles. The first-order valence-corrected chi connectivity index (χ1v) is 8.55. The van der Waals surface area contributed by atoms with E-state index < -0.39 is 22.1 Å². The SMILES string of the molecule is COc1cc([C@H]2SC(C)(C)[C@@H](C(=O)O)N2C(C)=O)cc(OC)c1OC. The first kappa shape index (κ1) is 19.2. The maximum atomic E-state index is 12.2. The Labute approximate surface area is 151 Å². The predicted octanol–water partition coefficient (Wildman–Crippen LogP) is 2.54. The van der Waals surface area contributed by atoms with Gasteiger partial charge in [-0.15, -0.1) is 11.8 Å². The number of hydrogen-bond acceptors (Lipinski definition) is 6. The van der Waals surface area contributed by atoms with Gasteiger partial charge in [-0.1, -0.05) is 0 Å². The van der Waals surface area contributed by atoms with E-state index in [0.717, 1.165) is 0 Å². The highest BCUT2D eigenvalue weighted by molar-refractivity contribution is 8.01. The van der Waals surface area contributed by atoms with Gasteiger partial charge in [0, 0.05) is 11.7 Å². The number of carbonyl (C=O) groups excluding carboxylic acids is 1. The van der Waals surface area contributed by atoms with Crippen molar-refractivity contribution in [3.8, 4) is 17.2 Å². The zero-order chi connectivity index (χ0) is 18.9. The van der Waals surface area contributed by atoms with E-state index in [9.17, 15) is 14.7 Å². The van der Waals surface area contributed by atoms with Gasteiger partial charge in [0.2, 0.25) is 11.7 Å². The van der Waals surface area contributed by atoms with E-state index in [-0.39, 0.29) is 5.91 Å². The molecular weight excluding hydrogens is 346 g/mol. The molecule has 0 spiro atoms. The molecule has 7 nitrogen and oxygen atoms in total. The number of carboxylic acid groups (broad SMARTS) is 1. The van der Waals surface area contributed by atoms with Crippen LogP contribution in [0, 0.1) is 0 Å². The van der Waals surface area contributed by atoms with Crippen LogP contribution < -0.4 is 14.2 Å². The molecule has 1 aliphatic heterocycles. The largest absolute Gasteiger partial charge is 0.493 e. The van der Waals surface area contributed by atoms with Gasteiger partial charge in [0.05, 0.1) is 21.3 Å². The van der Waals surface area contributed by atoms with Gasteiger partial charge in [0.1, 0.15) is 11.4 Å². The van der Waals surface area contributed by atoms with Gasteiger partial charge in [0.15, 0.2) is 11.5 Å². The average Bonchev–Trinajstić information content (AvgIpc) is 2.84. The molecule has 0 saturated carbocycles. The summed E-state index contributed by atoms with van der Waals surface area (Å²) in [6.45, 7) is 5.03. The Morgan fingerprint density at radius 3 is 2.00 bits per heavy atom. The Hall–Kier alpha value is -2.09. The monoisotopic (exact) mass is 369 g/mol. The van der Waals surface area contributed by atoms with Crippen LogP contribution in [0.5, 0.6) is 17.2 Å². The van der Waals surface area contributed by atoms with Crippen LogP contribution in [0.2, 0.25) is 0 Å². The number of methoxy groups -OCH3 is 3. The second kappa shape index (κ2) is 7.03. The standard InChI is InChI=1S/C17H23NO6S/c1-9(19)18-14(16(20)21)17(2,3)25-15(18)10-7-11(22-4)13(24-6)12(8-10)23-5/h7-8,14-15H,1-6H3,(H,20,21)/t14-,15-/m1/s1. The lowest BCUT2D eigenvalue weighted by atomic mass is 10.0. The number of rotatable bonds is 5. The smallest absolute Gasteiger partial charge is 0.327 e. The second-order valence-corrected chi connectivity index (χ2v) is 7.93. The van der Waals surface area contributed by atoms with Crippen LogP contribution in [0.25, 0.3) is 0 Å². The highest BCUT2D eigenvalue weighted by Crippen LogP contribution is 2.54. The highest BCUT2D eigenvalue weighted by atomic mass is 32.2. The molecule has 0 bridgehead atoms. The molecule has 1 N–H and O–H groups in total. The van der Waals surface area contributed by atoms with Crippen molar-refractivity contribution < 1.29 is 28.9 Å². The van der Waals surface area contributed by atoms with Crippen LogP contribution in [0.3, 0.4) is 0 Å². The number of hydrogen-bond donors (Lipinski definition) is 1. The summed E-state index contributed by atoms with van der Waals surface area (Å²) in [7, 11) is 4.53. The molecule has 1 aromatic carbocycles. The van der Waals surface area contributed by atoms with Crippen molar-refractivity contribution in [3.05, 3.63) is 17.7 Å². The van der Waals surface area contributed by atoms with Crippen molar-refractivity contribution in [2.24, 2.45) is 0 Å². The van der Waals surface area contributed by atoms with Gasteiger partial charge in [0.25, 0.3) is 0 Å². The maximum Gasteiger partial charge on any atom is 0.327 e. The molecule has 2 atom stereocenters. The number of ether oxygens (including phenoxy) is 3. The van der Waals surface area contributed by atoms with Crippen molar-refractivity contribution in [1.29, 1.82) is 0 Å². The Balaban J connectivity index is 2.60. The van der Waals surface area contributed by atoms with E-state index in [1.54, 1.807) is 12.1 Å². The third-order valence-electron chi connectivity index (χ3n) is 4.17. The summed E-state index contributed by atoms with van der Waals surface area (Å²) < 4.78 is 15.4. The lowest BCUT2D eigenvalue weighted by Gasteiger charge is -2.29. The molecule has 2 rings (SSSR count). The van der Waals surface area contributed by atoms with Crippen LogP contribution in [-0.4, -0.2) is 54.0 Å². The van der Waals surface area contributed by atoms with E-state index in [2.05, 4.69) is 0 Å². The normalized spacial score (nSPS) is 21.8. The highest BCUT2D eigenvalue weighted by Gasteiger charge is 2.53. The van der Waals surface area contributed by atoms with Crippen LogP contribution in [0.4, 0.5) is 0 Å². The van der Waals surface area contributed by atoms with Crippen LogP contribution in [0.15, 0.2) is 12.1 Å². The minimum absolute atomic E-state index is 0.302. The summed E-state index contributed by atoms with van der Waals surface area (Å²) >= 11 is 1.42. The van der Waals surface area contributed by atoms with Crippen molar-refractivity contribution >= 4 is 23.6 Å². The van der Waals surface area contributed by atoms with Gasteiger partial charge in [-0.05, 0) is 31.5 Å². The molecule has 0 unspecified atom stereocenters. The number of carboxylic acids is 1. The summed E-state index contributed by atoms with van der Waals surface area (Å²) in [6, 6.07) is 2.56. The summed E-state index contributed by atoms with van der Waals surface area (Å²) in [5.41, 5.74) is 0.714. The van der Waals surface area contributed by atoms with Gasteiger partial charge in [-0.2, -0.15) is 0 Å². The molecule has 1 amide bonds. The molecule has 25 heavy (non-hydrogen) atoms. The van der Waals surface area contributed by atoms with Gasteiger partial charge >= 0.3 is 5.97 Å². The van der Waals surface area contributed by atoms with E-state index in [1.165, 1.54) is 44.9 Å². The summed E-state index contributed by atoms with van der Waals surface area (Å²) in [5.74, 6) is 0.0297. The molecule has 1 aromatic rings. The van der Waals surface area contributed by atoms with Crippen molar-refractivity contribution in [3.63, 3.8) is 0 Å². The first-order chi connectivity index (χ1) is 11.7. The molecule has 1 saturated heterocycles. The number of benzene rings is 1. The van der Waals surface area contributed by atoms with Crippen molar-refractivity contribution in [2.45, 2.75) is 36.9 Å². The topological polar surface area (TPSA) is 85.3 Å². The Bertz CT molecular complexity index is 665. The fourth-order valence-corrected chi connectivity index (χ4v) is 4.69. The van der Waals surface area contributed by atoms with E-state index in [1.807, 2.05) is 13.8 Å². The van der Waals surface area contributed by atoms with Crippen LogP contribution >= 0.6 is 11.8 Å². The molecule has 1 fully saturated rings. The number of thioether (sulfide) groups is 1. The zero-order valence-electron chi connectivity index (χ0n) is 15.2. The lowest BCUT2D eigenvalue weighted by Crippen LogP contribution is -2.48. The number of carbonyl (C=O) groups is 2. The molecule has 138 valence electrons. The van der Waals surface area contributed by atoms with Crippen molar-refractivity contribution in [1.82, 2.24) is 4.90 Å². The third-order valence-corrected chi connectivity index (χ3v) is 5.73. The molecule has 0 radical (unpaired) electrons. The molecule has 8 heteroatoms. The minimum atomic E-state index is -1.03. The van der Waals surface area contributed by atoms with E-state index in [4.69, 9.17) is 14.2 Å². The number of amides is 1. The zero-order valence-corrected chi connectivity index (χ0v) is 16.0. The predicted molar refractivity (Wildman–Crippen MR) is 94.5 cm³/mol. The van der Waals surface area contributed by atoms with Crippen molar-refractivity contribution in [2.75, 3.05) is 21.3 Å². The quantitative estimate of drug-likeness (QED) is 0.853. The van der Waals surface area contributed by atoms with E-state index >= 15 is 0 Å². The summed E-state index contributed by atoms with van der Waals surface area (Å²) in [6.07, 6.45) is 0. The Morgan fingerprint density at radius 1 is 1.12 bits per heavy atom. The Kier molecular flexibility index (Phi) is 5.41. The van der Waals surface area contributed by atoms with E-state index in [0.29, 0.717) is 22.8 Å². The second-order valence-electron chi connectivity index (χ2n) is 6.20. The maximum absolute atomic E-state index is 12.2. The molecular formula is C17H23NO6S. The molecule has 0 aromatic heterocycles. The number of aliphatic carboxylic acids is 1. The molecule has 1 heterocycles. The van der Waals surface area contributed by atoms with Crippen LogP contribution in [-0.2, 0) is 9.59 Å². The van der Waals surface area contributed by atoms with Gasteiger partial charge in [-0.25, -0.2) is 4.79 Å². The fraction of sp³-hybridized carbons (Fsp3) is 0.529. The molecule has 1 aliphatic rings. The summed E-state index contributed by atoms with van der Waals surface area (Å²) in [5, 5.41) is 9.17. The summed E-state index contributed by atoms with van der Waals surface area (Å²) in [4.78, 5) is 25.4. The fourth-order valence-electron chi connectivity index (χ4n) is 3.12. The average molecular weight is 369 g/mol.